The molecular formula is C18H13F3O2. The second-order valence-electron chi connectivity index (χ2n) is 5.23. The molecule has 0 bridgehead atoms. The van der Waals surface area contributed by atoms with Crippen LogP contribution in [-0.2, 0) is 17.3 Å². The van der Waals surface area contributed by atoms with Crippen LogP contribution in [0.1, 0.15) is 32.6 Å². The molecule has 0 N–H and O–H groups in total. The standard InChI is InChI=1S/C18H13F3O2/c1-23-17(22)12-7-6-11-8-9-13(15(11)10-12)14-4-2-3-5-16(14)18(19,20)21/h2-7,9-10H,8H2,1H3. The number of alkyl halides is 3. The van der Waals surface area contributed by atoms with Crippen LogP contribution < -0.4 is 0 Å². The van der Waals surface area contributed by atoms with E-state index in [1.165, 1.54) is 19.2 Å². The third-order valence-corrected chi connectivity index (χ3v) is 3.87. The maximum Gasteiger partial charge on any atom is 0.417 e. The lowest BCUT2D eigenvalue weighted by Crippen LogP contribution is -2.09. The molecule has 1 aliphatic carbocycles. The highest BCUT2D eigenvalue weighted by molar-refractivity contribution is 5.93. The molecular weight excluding hydrogens is 305 g/mol. The van der Waals surface area contributed by atoms with E-state index in [-0.39, 0.29) is 5.56 Å². The average molecular weight is 318 g/mol. The van der Waals surface area contributed by atoms with Crippen LogP contribution in [0.15, 0.2) is 48.5 Å². The Hall–Kier alpha value is -2.56. The van der Waals surface area contributed by atoms with Crippen LogP contribution in [0.4, 0.5) is 13.2 Å². The Kier molecular flexibility index (Phi) is 3.72. The summed E-state index contributed by atoms with van der Waals surface area (Å²) < 4.78 is 44.4. The van der Waals surface area contributed by atoms with Gasteiger partial charge in [-0.15, -0.1) is 0 Å². The van der Waals surface area contributed by atoms with Gasteiger partial charge in [-0.1, -0.05) is 30.3 Å². The van der Waals surface area contributed by atoms with Crippen molar-refractivity contribution >= 4 is 11.5 Å². The fourth-order valence-electron chi connectivity index (χ4n) is 2.79. The molecule has 0 aliphatic heterocycles. The van der Waals surface area contributed by atoms with Crippen molar-refractivity contribution in [2.75, 3.05) is 7.11 Å². The predicted molar refractivity (Wildman–Crippen MR) is 80.0 cm³/mol. The Morgan fingerprint density at radius 2 is 1.83 bits per heavy atom. The normalized spacial score (nSPS) is 13.5. The van der Waals surface area contributed by atoms with Gasteiger partial charge >= 0.3 is 12.1 Å². The highest BCUT2D eigenvalue weighted by atomic mass is 19.4. The fraction of sp³-hybridized carbons (Fsp3) is 0.167. The van der Waals surface area contributed by atoms with Crippen molar-refractivity contribution in [1.82, 2.24) is 0 Å². The predicted octanol–water partition coefficient (Wildman–Crippen LogP) is 4.48. The maximum absolute atomic E-state index is 13.2. The molecule has 118 valence electrons. The lowest BCUT2D eigenvalue weighted by Gasteiger charge is -2.15. The minimum atomic E-state index is -4.43. The first kappa shape index (κ1) is 15.3. The number of rotatable bonds is 2. The summed E-state index contributed by atoms with van der Waals surface area (Å²) in [6.07, 6.45) is -2.13. The SMILES string of the molecule is COC(=O)c1ccc2c(c1)C(c1ccccc1C(F)(F)F)=CC2. The smallest absolute Gasteiger partial charge is 0.417 e. The molecule has 0 atom stereocenters. The van der Waals surface area contributed by atoms with E-state index in [4.69, 9.17) is 0 Å². The number of carbonyl (C=O) groups excluding carboxylic acids is 1. The van der Waals surface area contributed by atoms with E-state index in [1.54, 1.807) is 30.3 Å². The van der Waals surface area contributed by atoms with Gasteiger partial charge in [0, 0.05) is 0 Å². The molecule has 0 saturated carbocycles. The first-order valence-corrected chi connectivity index (χ1v) is 7.00. The molecule has 0 spiro atoms. The molecule has 3 rings (SSSR count). The van der Waals surface area contributed by atoms with Crippen molar-refractivity contribution in [2.24, 2.45) is 0 Å². The van der Waals surface area contributed by atoms with Crippen LogP contribution >= 0.6 is 0 Å². The zero-order valence-corrected chi connectivity index (χ0v) is 12.3. The molecule has 0 saturated heterocycles. The first-order chi connectivity index (χ1) is 10.9. The highest BCUT2D eigenvalue weighted by Gasteiger charge is 2.34. The lowest BCUT2D eigenvalue weighted by atomic mass is 9.93. The third-order valence-electron chi connectivity index (χ3n) is 3.87. The molecule has 2 aromatic carbocycles. The molecule has 1 aliphatic rings. The van der Waals surface area contributed by atoms with Gasteiger partial charge in [0.2, 0.25) is 0 Å². The number of ether oxygens (including phenoxy) is 1. The summed E-state index contributed by atoms with van der Waals surface area (Å²) in [5.74, 6) is -0.511. The summed E-state index contributed by atoms with van der Waals surface area (Å²) in [4.78, 5) is 11.7. The highest BCUT2D eigenvalue weighted by Crippen LogP contribution is 2.40. The Morgan fingerprint density at radius 3 is 2.52 bits per heavy atom. The molecule has 0 aromatic heterocycles. The lowest BCUT2D eigenvalue weighted by molar-refractivity contribution is -0.137. The van der Waals surface area contributed by atoms with Gasteiger partial charge in [0.1, 0.15) is 0 Å². The fourth-order valence-corrected chi connectivity index (χ4v) is 2.79. The van der Waals surface area contributed by atoms with E-state index >= 15 is 0 Å². The van der Waals surface area contributed by atoms with Gasteiger partial charge in [-0.05, 0) is 46.9 Å². The first-order valence-electron chi connectivity index (χ1n) is 7.00. The van der Waals surface area contributed by atoms with Gasteiger partial charge in [-0.2, -0.15) is 13.2 Å². The van der Waals surface area contributed by atoms with Crippen molar-refractivity contribution in [3.8, 4) is 0 Å². The Bertz CT molecular complexity index is 804. The van der Waals surface area contributed by atoms with Gasteiger partial charge < -0.3 is 4.74 Å². The number of methoxy groups -OCH3 is 1. The van der Waals surface area contributed by atoms with Crippen LogP contribution in [0.25, 0.3) is 5.57 Å². The van der Waals surface area contributed by atoms with E-state index in [1.807, 2.05) is 0 Å². The molecule has 0 amide bonds. The Balaban J connectivity index is 2.12. The number of hydrogen-bond donors (Lipinski definition) is 0. The molecule has 0 fully saturated rings. The van der Waals surface area contributed by atoms with Crippen molar-refractivity contribution in [3.63, 3.8) is 0 Å². The van der Waals surface area contributed by atoms with E-state index in [0.29, 0.717) is 23.1 Å². The number of benzene rings is 2. The van der Waals surface area contributed by atoms with E-state index in [9.17, 15) is 18.0 Å². The molecule has 0 heterocycles. The van der Waals surface area contributed by atoms with E-state index in [0.717, 1.165) is 11.6 Å². The summed E-state index contributed by atoms with van der Waals surface area (Å²) >= 11 is 0. The number of carbonyl (C=O) groups is 1. The van der Waals surface area contributed by atoms with Crippen molar-refractivity contribution in [2.45, 2.75) is 12.6 Å². The van der Waals surface area contributed by atoms with E-state index in [2.05, 4.69) is 4.74 Å². The van der Waals surface area contributed by atoms with Crippen LogP contribution in [0.5, 0.6) is 0 Å². The van der Waals surface area contributed by atoms with Gasteiger partial charge in [0.15, 0.2) is 0 Å². The molecule has 5 heteroatoms. The van der Waals surface area contributed by atoms with Crippen molar-refractivity contribution < 1.29 is 22.7 Å². The average Bonchev–Trinajstić information content (AvgIpc) is 2.96. The summed E-state index contributed by atoms with van der Waals surface area (Å²) in [5, 5.41) is 0. The third kappa shape index (κ3) is 2.74. The molecule has 23 heavy (non-hydrogen) atoms. The van der Waals surface area contributed by atoms with Gasteiger partial charge in [-0.25, -0.2) is 4.79 Å². The molecule has 2 nitrogen and oxygen atoms in total. The molecule has 0 radical (unpaired) electrons. The van der Waals surface area contributed by atoms with Crippen LogP contribution in [-0.4, -0.2) is 13.1 Å². The number of esters is 1. The monoisotopic (exact) mass is 318 g/mol. The zero-order valence-electron chi connectivity index (χ0n) is 12.3. The van der Waals surface area contributed by atoms with Crippen molar-refractivity contribution in [3.05, 3.63) is 76.4 Å². The minimum absolute atomic E-state index is 0.126. The van der Waals surface area contributed by atoms with Crippen LogP contribution in [0.3, 0.4) is 0 Å². The summed E-state index contributed by atoms with van der Waals surface area (Å²) in [6.45, 7) is 0. The molecule has 2 aromatic rings. The Labute approximate surface area is 131 Å². The quantitative estimate of drug-likeness (QED) is 0.763. The Morgan fingerprint density at radius 1 is 1.09 bits per heavy atom. The summed E-state index contributed by atoms with van der Waals surface area (Å²) in [6, 6.07) is 10.4. The van der Waals surface area contributed by atoms with Crippen LogP contribution in [0.2, 0.25) is 0 Å². The van der Waals surface area contributed by atoms with Crippen LogP contribution in [0, 0.1) is 0 Å². The number of halogens is 3. The van der Waals surface area contributed by atoms with E-state index < -0.39 is 17.7 Å². The second kappa shape index (κ2) is 5.57. The summed E-state index contributed by atoms with van der Waals surface area (Å²) in [7, 11) is 1.27. The number of fused-ring (bicyclic) bond motifs is 1. The van der Waals surface area contributed by atoms with Crippen molar-refractivity contribution in [1.29, 1.82) is 0 Å². The largest absolute Gasteiger partial charge is 0.465 e. The van der Waals surface area contributed by atoms with Gasteiger partial charge in [-0.3, -0.25) is 0 Å². The van der Waals surface area contributed by atoms with Gasteiger partial charge in [0.05, 0.1) is 18.2 Å². The summed E-state index contributed by atoms with van der Waals surface area (Å²) in [5.41, 5.74) is 1.81. The number of hydrogen-bond acceptors (Lipinski definition) is 2. The number of allylic oxidation sites excluding steroid dienone is 1. The topological polar surface area (TPSA) is 26.3 Å². The minimum Gasteiger partial charge on any atom is -0.465 e. The molecule has 0 unspecified atom stereocenters. The van der Waals surface area contributed by atoms with Gasteiger partial charge in [0.25, 0.3) is 0 Å². The zero-order chi connectivity index (χ0) is 16.6. The maximum atomic E-state index is 13.2. The second-order valence-corrected chi connectivity index (χ2v) is 5.23.